The zero-order valence-corrected chi connectivity index (χ0v) is 17.1. The lowest BCUT2D eigenvalue weighted by molar-refractivity contribution is -0.132. The Bertz CT molecular complexity index is 760. The number of hydrogen-bond donors (Lipinski definition) is 2. The summed E-state index contributed by atoms with van der Waals surface area (Å²) in [6.45, 7) is 2.20. The van der Waals surface area contributed by atoms with Crippen LogP contribution in [-0.2, 0) is 11.2 Å². The molecule has 0 saturated carbocycles. The van der Waals surface area contributed by atoms with Gasteiger partial charge in [0.05, 0.1) is 42.8 Å². The van der Waals surface area contributed by atoms with Gasteiger partial charge in [-0.15, -0.1) is 0 Å². The van der Waals surface area contributed by atoms with E-state index in [4.69, 9.17) is 21.1 Å². The molecule has 0 spiro atoms. The summed E-state index contributed by atoms with van der Waals surface area (Å²) in [5.74, 6) is 0.824. The summed E-state index contributed by atoms with van der Waals surface area (Å²) in [6.07, 6.45) is -1.29. The Morgan fingerprint density at radius 1 is 1.25 bits per heavy atom. The van der Waals surface area contributed by atoms with Crippen molar-refractivity contribution in [2.45, 2.75) is 43.3 Å². The van der Waals surface area contributed by atoms with E-state index < -0.39 is 23.6 Å². The molecule has 1 aliphatic rings. The van der Waals surface area contributed by atoms with Crippen molar-refractivity contribution in [1.82, 2.24) is 0 Å². The summed E-state index contributed by atoms with van der Waals surface area (Å²) in [5, 5.41) is 19.5. The standard InChI is InChI=1S/C21H24ClFO4S/c1-2-26-16-6-3-13(4-7-16)9-15-10-14(5-8-17(15)22)18-11-20(28-23)21(25)19(12-24)27-18/h3-8,10,18-21,24-25H,2,9,11-12H2,1H3/t18-,19-,20-,21-/m1/s1. The molecule has 28 heavy (non-hydrogen) atoms. The number of aliphatic hydroxyl groups excluding tert-OH is 2. The molecule has 0 aliphatic carbocycles. The molecule has 4 nitrogen and oxygen atoms in total. The third kappa shape index (κ3) is 4.99. The van der Waals surface area contributed by atoms with Gasteiger partial charge in [-0.3, -0.25) is 0 Å². The third-order valence-electron chi connectivity index (χ3n) is 4.91. The third-order valence-corrected chi connectivity index (χ3v) is 5.98. The Kier molecular flexibility index (Phi) is 7.60. The van der Waals surface area contributed by atoms with Crippen LogP contribution in [0, 0.1) is 0 Å². The van der Waals surface area contributed by atoms with Crippen LogP contribution < -0.4 is 4.74 Å². The highest BCUT2D eigenvalue weighted by Gasteiger charge is 2.38. The van der Waals surface area contributed by atoms with Crippen molar-refractivity contribution in [3.63, 3.8) is 0 Å². The molecular formula is C21H24ClFO4S. The number of hydrogen-bond acceptors (Lipinski definition) is 5. The average molecular weight is 427 g/mol. The minimum atomic E-state index is -1.04. The van der Waals surface area contributed by atoms with Crippen molar-refractivity contribution in [1.29, 1.82) is 0 Å². The lowest BCUT2D eigenvalue weighted by Gasteiger charge is -2.37. The maximum absolute atomic E-state index is 13.2. The zero-order valence-electron chi connectivity index (χ0n) is 15.6. The molecule has 0 bridgehead atoms. The molecule has 2 aromatic carbocycles. The molecule has 0 unspecified atom stereocenters. The molecule has 0 aromatic heterocycles. The van der Waals surface area contributed by atoms with E-state index >= 15 is 0 Å². The molecule has 3 rings (SSSR count). The van der Waals surface area contributed by atoms with Crippen molar-refractivity contribution in [2.24, 2.45) is 0 Å². The van der Waals surface area contributed by atoms with E-state index in [-0.39, 0.29) is 18.8 Å². The van der Waals surface area contributed by atoms with Gasteiger partial charge < -0.3 is 19.7 Å². The average Bonchev–Trinajstić information content (AvgIpc) is 2.71. The van der Waals surface area contributed by atoms with Crippen LogP contribution in [0.4, 0.5) is 3.89 Å². The van der Waals surface area contributed by atoms with Gasteiger partial charge in [-0.1, -0.05) is 35.9 Å². The SMILES string of the molecule is CCOc1ccc(Cc2cc([C@H]3C[C@@H](SF)[C@H](O)[C@@H](CO)O3)ccc2Cl)cc1. The minimum Gasteiger partial charge on any atom is -0.494 e. The van der Waals surface area contributed by atoms with E-state index in [2.05, 4.69) is 0 Å². The van der Waals surface area contributed by atoms with Crippen LogP contribution in [0.1, 0.15) is 36.1 Å². The van der Waals surface area contributed by atoms with Gasteiger partial charge in [0.25, 0.3) is 0 Å². The van der Waals surface area contributed by atoms with Gasteiger partial charge in [-0.25, -0.2) is 0 Å². The Morgan fingerprint density at radius 2 is 2.00 bits per heavy atom. The quantitative estimate of drug-likeness (QED) is 0.682. The molecule has 4 atom stereocenters. The molecule has 2 aromatic rings. The first-order valence-electron chi connectivity index (χ1n) is 9.27. The summed E-state index contributed by atoms with van der Waals surface area (Å²) in [7, 11) is 0. The lowest BCUT2D eigenvalue weighted by Crippen LogP contribution is -2.45. The van der Waals surface area contributed by atoms with Crippen LogP contribution in [0.3, 0.4) is 0 Å². The maximum Gasteiger partial charge on any atom is 0.119 e. The summed E-state index contributed by atoms with van der Waals surface area (Å²) in [5.41, 5.74) is 2.88. The Hall–Kier alpha value is -1.31. The predicted octanol–water partition coefficient (Wildman–Crippen LogP) is 4.50. The van der Waals surface area contributed by atoms with Gasteiger partial charge >= 0.3 is 0 Å². The van der Waals surface area contributed by atoms with Crippen molar-refractivity contribution >= 4 is 23.7 Å². The first-order chi connectivity index (χ1) is 13.5. The number of aliphatic hydroxyl groups is 2. The van der Waals surface area contributed by atoms with Crippen molar-refractivity contribution in [3.05, 3.63) is 64.2 Å². The van der Waals surface area contributed by atoms with Gasteiger partial charge in [0.2, 0.25) is 0 Å². The van der Waals surface area contributed by atoms with Crippen LogP contribution in [0.2, 0.25) is 5.02 Å². The van der Waals surface area contributed by atoms with Crippen LogP contribution >= 0.6 is 23.7 Å². The highest BCUT2D eigenvalue weighted by Crippen LogP contribution is 2.38. The number of ether oxygens (including phenoxy) is 2. The van der Waals surface area contributed by atoms with Gasteiger partial charge in [0, 0.05) is 5.02 Å². The molecular weight excluding hydrogens is 403 g/mol. The second-order valence-corrected chi connectivity index (χ2v) is 8.00. The molecule has 1 saturated heterocycles. The summed E-state index contributed by atoms with van der Waals surface area (Å²) in [6, 6.07) is 13.5. The minimum absolute atomic E-state index is 0.108. The van der Waals surface area contributed by atoms with E-state index in [0.29, 0.717) is 24.5 Å². The van der Waals surface area contributed by atoms with E-state index in [1.807, 2.05) is 43.3 Å². The molecule has 152 valence electrons. The largest absolute Gasteiger partial charge is 0.494 e. The van der Waals surface area contributed by atoms with Crippen LogP contribution in [0.25, 0.3) is 0 Å². The number of rotatable bonds is 7. The molecule has 0 radical (unpaired) electrons. The predicted molar refractivity (Wildman–Crippen MR) is 110 cm³/mol. The monoisotopic (exact) mass is 426 g/mol. The Labute approximate surface area is 173 Å². The van der Waals surface area contributed by atoms with Crippen molar-refractivity contribution < 1.29 is 23.6 Å². The van der Waals surface area contributed by atoms with Crippen molar-refractivity contribution in [3.8, 4) is 5.75 Å². The summed E-state index contributed by atoms with van der Waals surface area (Å²) >= 11 is 6.50. The molecule has 2 N–H and O–H groups in total. The fourth-order valence-electron chi connectivity index (χ4n) is 3.41. The molecule has 1 heterocycles. The second kappa shape index (κ2) is 9.94. The van der Waals surface area contributed by atoms with E-state index in [9.17, 15) is 14.1 Å². The first kappa shape index (κ1) is 21.4. The fraction of sp³-hybridized carbons (Fsp3) is 0.429. The van der Waals surface area contributed by atoms with E-state index in [1.54, 1.807) is 6.07 Å². The maximum atomic E-state index is 13.2. The zero-order chi connectivity index (χ0) is 20.1. The van der Waals surface area contributed by atoms with Crippen molar-refractivity contribution in [2.75, 3.05) is 13.2 Å². The number of halogens is 2. The van der Waals surface area contributed by atoms with Crippen LogP contribution in [0.5, 0.6) is 5.75 Å². The van der Waals surface area contributed by atoms with E-state index in [1.165, 1.54) is 0 Å². The number of benzene rings is 2. The normalized spacial score (nSPS) is 24.9. The molecule has 7 heteroatoms. The topological polar surface area (TPSA) is 58.9 Å². The van der Waals surface area contributed by atoms with Gasteiger partial charge in [0.1, 0.15) is 11.9 Å². The van der Waals surface area contributed by atoms with Gasteiger partial charge in [-0.05, 0) is 54.7 Å². The Balaban J connectivity index is 1.79. The van der Waals surface area contributed by atoms with Gasteiger partial charge in [-0.2, -0.15) is 3.89 Å². The lowest BCUT2D eigenvalue weighted by atomic mass is 9.94. The molecule has 1 fully saturated rings. The summed E-state index contributed by atoms with van der Waals surface area (Å²) in [4.78, 5) is 0. The smallest absolute Gasteiger partial charge is 0.119 e. The first-order valence-corrected chi connectivity index (χ1v) is 10.4. The fourth-order valence-corrected chi connectivity index (χ4v) is 4.12. The van der Waals surface area contributed by atoms with E-state index in [0.717, 1.165) is 22.4 Å². The highest BCUT2D eigenvalue weighted by atomic mass is 35.5. The van der Waals surface area contributed by atoms with Gasteiger partial charge in [0.15, 0.2) is 0 Å². The second-order valence-electron chi connectivity index (χ2n) is 6.80. The molecule has 1 aliphatic heterocycles. The van der Waals surface area contributed by atoms with Crippen LogP contribution in [-0.4, -0.2) is 40.9 Å². The summed E-state index contributed by atoms with van der Waals surface area (Å²) < 4.78 is 24.5. The highest BCUT2D eigenvalue weighted by molar-refractivity contribution is 7.95. The Morgan fingerprint density at radius 3 is 2.64 bits per heavy atom. The van der Waals surface area contributed by atoms with Crippen LogP contribution in [0.15, 0.2) is 42.5 Å². The molecule has 0 amide bonds.